The van der Waals surface area contributed by atoms with E-state index in [1.807, 2.05) is 37.3 Å². The summed E-state index contributed by atoms with van der Waals surface area (Å²) in [5.41, 5.74) is 3.30. The monoisotopic (exact) mass is 402 g/mol. The van der Waals surface area contributed by atoms with Gasteiger partial charge in [0.2, 0.25) is 0 Å². The number of alkyl halides is 1. The fraction of sp³-hybridized carbons (Fsp3) is 0.200. The highest BCUT2D eigenvalue weighted by Gasteiger charge is 2.16. The van der Waals surface area contributed by atoms with Crippen LogP contribution in [0.1, 0.15) is 21.5 Å². The van der Waals surface area contributed by atoms with Gasteiger partial charge in [-0.3, -0.25) is 0 Å². The van der Waals surface area contributed by atoms with Gasteiger partial charge in [-0.1, -0.05) is 51.8 Å². The van der Waals surface area contributed by atoms with Crippen molar-refractivity contribution in [1.29, 1.82) is 0 Å². The molecule has 0 aliphatic carbocycles. The Morgan fingerprint density at radius 1 is 1.21 bits per heavy atom. The van der Waals surface area contributed by atoms with E-state index in [2.05, 4.69) is 37.9 Å². The first kappa shape index (κ1) is 14.9. The number of benzene rings is 2. The average Bonchev–Trinajstić information content (AvgIpc) is 2.41. The first-order valence-corrected chi connectivity index (χ1v) is 7.85. The molecular weight excluding hydrogens is 391 g/mol. The van der Waals surface area contributed by atoms with Crippen LogP contribution in [0.25, 0.3) is 0 Å². The Bertz CT molecular complexity index is 599. The van der Waals surface area contributed by atoms with Crippen LogP contribution in [0.4, 0.5) is 0 Å². The number of rotatable bonds is 3. The van der Waals surface area contributed by atoms with E-state index in [0.717, 1.165) is 31.9 Å². The zero-order chi connectivity index (χ0) is 14.0. The molecule has 0 N–H and O–H groups in total. The van der Waals surface area contributed by atoms with E-state index >= 15 is 0 Å². The largest absolute Gasteiger partial charge is 0.496 e. The predicted molar refractivity (Wildman–Crippen MR) is 87.7 cm³/mol. The summed E-state index contributed by atoms with van der Waals surface area (Å²) in [5, 5.41) is 0.734. The number of halogens is 3. The first-order valence-electron chi connectivity index (χ1n) is 5.77. The van der Waals surface area contributed by atoms with Gasteiger partial charge in [-0.25, -0.2) is 0 Å². The molecule has 0 fully saturated rings. The van der Waals surface area contributed by atoms with Crippen molar-refractivity contribution in [3.8, 4) is 5.75 Å². The van der Waals surface area contributed by atoms with Gasteiger partial charge in [0.25, 0.3) is 0 Å². The van der Waals surface area contributed by atoms with Gasteiger partial charge in [-0.05, 0) is 51.7 Å². The van der Waals surface area contributed by atoms with E-state index in [4.69, 9.17) is 16.3 Å². The minimum Gasteiger partial charge on any atom is -0.496 e. The molecule has 2 rings (SSSR count). The van der Waals surface area contributed by atoms with Gasteiger partial charge in [0.1, 0.15) is 5.75 Å². The first-order chi connectivity index (χ1) is 9.04. The third kappa shape index (κ3) is 3.15. The Morgan fingerprint density at radius 2 is 1.95 bits per heavy atom. The molecule has 0 aliphatic rings. The lowest BCUT2D eigenvalue weighted by Crippen LogP contribution is -1.96. The van der Waals surface area contributed by atoms with Crippen LogP contribution < -0.4 is 4.74 Å². The zero-order valence-electron chi connectivity index (χ0n) is 10.6. The molecular formula is C15H13Br2ClO. The number of ether oxygens (including phenoxy) is 1. The van der Waals surface area contributed by atoms with Crippen molar-refractivity contribution in [3.63, 3.8) is 0 Å². The summed E-state index contributed by atoms with van der Waals surface area (Å²) in [6.07, 6.45) is 0. The molecule has 0 aromatic heterocycles. The topological polar surface area (TPSA) is 9.23 Å². The van der Waals surface area contributed by atoms with Crippen LogP contribution in [0, 0.1) is 6.92 Å². The van der Waals surface area contributed by atoms with Crippen molar-refractivity contribution < 1.29 is 4.74 Å². The molecule has 1 nitrogen and oxygen atoms in total. The molecule has 0 aliphatic heterocycles. The van der Waals surface area contributed by atoms with Crippen LogP contribution >= 0.6 is 43.5 Å². The van der Waals surface area contributed by atoms with Gasteiger partial charge >= 0.3 is 0 Å². The SMILES string of the molecule is COc1ccc(C(Br)c2cccc(Br)c2Cl)cc1C. The van der Waals surface area contributed by atoms with Gasteiger partial charge in [0.05, 0.1) is 17.0 Å². The summed E-state index contributed by atoms with van der Waals surface area (Å²) >= 11 is 13.5. The lowest BCUT2D eigenvalue weighted by atomic mass is 10.0. The maximum absolute atomic E-state index is 6.33. The summed E-state index contributed by atoms with van der Waals surface area (Å²) < 4.78 is 6.18. The molecule has 0 saturated carbocycles. The van der Waals surface area contributed by atoms with E-state index in [-0.39, 0.29) is 4.83 Å². The molecule has 0 saturated heterocycles. The molecule has 0 heterocycles. The molecule has 1 unspecified atom stereocenters. The summed E-state index contributed by atoms with van der Waals surface area (Å²) in [6, 6.07) is 12.1. The van der Waals surface area contributed by atoms with E-state index in [1.165, 1.54) is 0 Å². The Kier molecular flexibility index (Phi) is 4.93. The lowest BCUT2D eigenvalue weighted by Gasteiger charge is -2.15. The normalized spacial score (nSPS) is 12.3. The Labute approximate surface area is 135 Å². The maximum Gasteiger partial charge on any atom is 0.121 e. The third-order valence-electron chi connectivity index (χ3n) is 2.97. The molecule has 2 aromatic rings. The second-order valence-electron chi connectivity index (χ2n) is 4.23. The summed E-state index contributed by atoms with van der Waals surface area (Å²) in [6.45, 7) is 2.03. The number of methoxy groups -OCH3 is 1. The molecule has 0 radical (unpaired) electrons. The summed E-state index contributed by atoms with van der Waals surface area (Å²) in [7, 11) is 1.68. The van der Waals surface area contributed by atoms with E-state index in [0.29, 0.717) is 0 Å². The quantitative estimate of drug-likeness (QED) is 0.579. The number of hydrogen-bond donors (Lipinski definition) is 0. The molecule has 100 valence electrons. The highest BCUT2D eigenvalue weighted by Crippen LogP contribution is 2.39. The van der Waals surface area contributed by atoms with Gasteiger partial charge in [-0.2, -0.15) is 0 Å². The Balaban J connectivity index is 2.41. The van der Waals surface area contributed by atoms with Crippen LogP contribution in [0.15, 0.2) is 40.9 Å². The van der Waals surface area contributed by atoms with Crippen molar-refractivity contribution in [2.24, 2.45) is 0 Å². The van der Waals surface area contributed by atoms with Crippen molar-refractivity contribution in [2.45, 2.75) is 11.8 Å². The van der Waals surface area contributed by atoms with Crippen LogP contribution in [0.3, 0.4) is 0 Å². The highest BCUT2D eigenvalue weighted by molar-refractivity contribution is 9.10. The minimum atomic E-state index is 0.0575. The minimum absolute atomic E-state index is 0.0575. The fourth-order valence-corrected chi connectivity index (χ4v) is 3.37. The van der Waals surface area contributed by atoms with E-state index < -0.39 is 0 Å². The summed E-state index contributed by atoms with van der Waals surface area (Å²) in [5.74, 6) is 0.892. The maximum atomic E-state index is 6.33. The molecule has 4 heteroatoms. The second-order valence-corrected chi connectivity index (χ2v) is 6.38. The predicted octanol–water partition coefficient (Wildman–Crippen LogP) is 5.90. The van der Waals surface area contributed by atoms with Gasteiger partial charge in [-0.15, -0.1) is 0 Å². The Hall–Kier alpha value is -0.510. The second kappa shape index (κ2) is 6.29. The van der Waals surface area contributed by atoms with E-state index in [9.17, 15) is 0 Å². The zero-order valence-corrected chi connectivity index (χ0v) is 14.5. The molecule has 0 bridgehead atoms. The molecule has 2 aromatic carbocycles. The molecule has 0 amide bonds. The van der Waals surface area contributed by atoms with E-state index in [1.54, 1.807) is 7.11 Å². The summed E-state index contributed by atoms with van der Waals surface area (Å²) in [4.78, 5) is 0.0575. The van der Waals surface area contributed by atoms with Crippen LogP contribution in [-0.4, -0.2) is 7.11 Å². The highest BCUT2D eigenvalue weighted by atomic mass is 79.9. The number of hydrogen-bond acceptors (Lipinski definition) is 1. The van der Waals surface area contributed by atoms with Crippen molar-refractivity contribution in [1.82, 2.24) is 0 Å². The molecule has 19 heavy (non-hydrogen) atoms. The smallest absolute Gasteiger partial charge is 0.121 e. The van der Waals surface area contributed by atoms with Crippen LogP contribution in [0.2, 0.25) is 5.02 Å². The average molecular weight is 405 g/mol. The standard InChI is InChI=1S/C15H13Br2ClO/c1-9-8-10(6-7-13(9)19-2)14(17)11-4-3-5-12(16)15(11)18/h3-8,14H,1-2H3. The molecule has 1 atom stereocenters. The Morgan fingerprint density at radius 3 is 2.58 bits per heavy atom. The lowest BCUT2D eigenvalue weighted by molar-refractivity contribution is 0.411. The van der Waals surface area contributed by atoms with Crippen LogP contribution in [-0.2, 0) is 0 Å². The van der Waals surface area contributed by atoms with Crippen molar-refractivity contribution in [2.75, 3.05) is 7.11 Å². The van der Waals surface area contributed by atoms with Gasteiger partial charge < -0.3 is 4.74 Å². The number of aryl methyl sites for hydroxylation is 1. The van der Waals surface area contributed by atoms with Gasteiger partial charge in [0, 0.05) is 4.47 Å². The van der Waals surface area contributed by atoms with Crippen molar-refractivity contribution in [3.05, 3.63) is 62.6 Å². The van der Waals surface area contributed by atoms with Crippen molar-refractivity contribution >= 4 is 43.5 Å². The third-order valence-corrected chi connectivity index (χ3v) is 5.30. The fourth-order valence-electron chi connectivity index (χ4n) is 1.96. The molecule has 0 spiro atoms. The van der Waals surface area contributed by atoms with Gasteiger partial charge in [0.15, 0.2) is 0 Å². The van der Waals surface area contributed by atoms with Crippen LogP contribution in [0.5, 0.6) is 5.75 Å².